The number of carboxylic acids is 1. The maximum Gasteiger partial charge on any atom is 0.309 e. The smallest absolute Gasteiger partial charge is 0.309 e. The molecule has 1 aromatic heterocycles. The number of hydrogen-bond acceptors (Lipinski definition) is 3. The first-order valence-electron chi connectivity index (χ1n) is 4.22. The third-order valence-electron chi connectivity index (χ3n) is 1.96. The van der Waals surface area contributed by atoms with E-state index in [0.29, 0.717) is 0 Å². The molecule has 16 heavy (non-hydrogen) atoms. The highest BCUT2D eigenvalue weighted by Gasteiger charge is 2.22. The average Bonchev–Trinajstić information content (AvgIpc) is 2.18. The van der Waals surface area contributed by atoms with Crippen molar-refractivity contribution >= 4 is 17.6 Å². The number of aliphatic carboxylic acids is 1. The molecular formula is C9H8ClF2NO3. The second-order valence-corrected chi connectivity index (χ2v) is 3.25. The first kappa shape index (κ1) is 12.6. The fourth-order valence-electron chi connectivity index (χ4n) is 1.28. The van der Waals surface area contributed by atoms with Crippen LogP contribution in [-0.2, 0) is 17.1 Å². The van der Waals surface area contributed by atoms with Crippen LogP contribution in [0.15, 0.2) is 6.20 Å². The molecule has 1 heterocycles. The number of nitrogens with zero attached hydrogens (tertiary/aromatic N) is 1. The third kappa shape index (κ3) is 2.57. The molecular weight excluding hydrogens is 244 g/mol. The highest BCUT2D eigenvalue weighted by molar-refractivity contribution is 6.17. The van der Waals surface area contributed by atoms with Crippen molar-refractivity contribution in [3.63, 3.8) is 0 Å². The third-order valence-corrected chi connectivity index (χ3v) is 2.23. The molecule has 0 bridgehead atoms. The molecule has 4 nitrogen and oxygen atoms in total. The summed E-state index contributed by atoms with van der Waals surface area (Å²) in [5, 5.41) is 17.8. The van der Waals surface area contributed by atoms with Gasteiger partial charge in [0.15, 0.2) is 0 Å². The number of aromatic hydroxyl groups is 1. The minimum Gasteiger partial charge on any atom is -0.506 e. The van der Waals surface area contributed by atoms with Crippen LogP contribution in [0.25, 0.3) is 0 Å². The summed E-state index contributed by atoms with van der Waals surface area (Å²) in [6.07, 6.45) is -2.64. The van der Waals surface area contributed by atoms with E-state index in [9.17, 15) is 18.7 Å². The molecule has 0 saturated heterocycles. The van der Waals surface area contributed by atoms with Crippen LogP contribution in [0.4, 0.5) is 8.78 Å². The van der Waals surface area contributed by atoms with Gasteiger partial charge < -0.3 is 10.2 Å². The van der Waals surface area contributed by atoms with Crippen LogP contribution in [0.1, 0.15) is 23.2 Å². The molecule has 2 N–H and O–H groups in total. The summed E-state index contributed by atoms with van der Waals surface area (Å²) >= 11 is 5.42. The largest absolute Gasteiger partial charge is 0.506 e. The molecule has 0 aliphatic rings. The first-order valence-corrected chi connectivity index (χ1v) is 4.76. The van der Waals surface area contributed by atoms with Crippen LogP contribution in [-0.4, -0.2) is 21.2 Å². The Morgan fingerprint density at radius 3 is 2.62 bits per heavy atom. The summed E-state index contributed by atoms with van der Waals surface area (Å²) in [5.74, 6) is -2.07. The Labute approximate surface area is 94.5 Å². The Balaban J connectivity index is 3.32. The van der Waals surface area contributed by atoms with Crippen LogP contribution in [0.5, 0.6) is 5.75 Å². The minimum absolute atomic E-state index is 0.178. The minimum atomic E-state index is -2.93. The molecule has 0 aliphatic carbocycles. The van der Waals surface area contributed by atoms with E-state index in [1.165, 1.54) is 0 Å². The van der Waals surface area contributed by atoms with E-state index in [4.69, 9.17) is 16.7 Å². The number of rotatable bonds is 4. The Morgan fingerprint density at radius 1 is 1.56 bits per heavy atom. The van der Waals surface area contributed by atoms with Crippen LogP contribution in [0.3, 0.4) is 0 Å². The fraction of sp³-hybridized carbons (Fsp3) is 0.333. The van der Waals surface area contributed by atoms with Gasteiger partial charge in [0.25, 0.3) is 6.43 Å². The first-order chi connectivity index (χ1) is 7.47. The molecule has 0 spiro atoms. The van der Waals surface area contributed by atoms with Gasteiger partial charge in [-0.2, -0.15) is 0 Å². The zero-order valence-corrected chi connectivity index (χ0v) is 8.71. The summed E-state index contributed by atoms with van der Waals surface area (Å²) in [5.41, 5.74) is -1.06. The lowest BCUT2D eigenvalue weighted by molar-refractivity contribution is -0.136. The average molecular weight is 252 g/mol. The van der Waals surface area contributed by atoms with E-state index in [0.717, 1.165) is 6.20 Å². The number of hydrogen-bond donors (Lipinski definition) is 2. The monoisotopic (exact) mass is 251 g/mol. The molecule has 7 heteroatoms. The zero-order valence-electron chi connectivity index (χ0n) is 7.95. The molecule has 0 fully saturated rings. The highest BCUT2D eigenvalue weighted by Crippen LogP contribution is 2.32. The van der Waals surface area contributed by atoms with Crippen LogP contribution < -0.4 is 0 Å². The molecule has 1 rings (SSSR count). The number of carbonyl (C=O) groups is 1. The number of alkyl halides is 3. The van der Waals surface area contributed by atoms with Gasteiger partial charge in [-0.15, -0.1) is 11.6 Å². The summed E-state index contributed by atoms with van der Waals surface area (Å²) < 4.78 is 25.4. The normalized spacial score (nSPS) is 10.8. The molecule has 0 aromatic carbocycles. The van der Waals surface area contributed by atoms with Gasteiger partial charge in [-0.05, 0) is 0 Å². The maximum atomic E-state index is 12.7. The van der Waals surface area contributed by atoms with Gasteiger partial charge in [-0.1, -0.05) is 0 Å². The standard InChI is InChI=1S/C9H8ClF2NO3/c10-2-4-6(14)3-13-5(1-7(15)16)8(4)9(11)12/h3,9,14H,1-2H2,(H,15,16). The topological polar surface area (TPSA) is 70.4 Å². The van der Waals surface area contributed by atoms with Crippen LogP contribution in [0.2, 0.25) is 0 Å². The van der Waals surface area contributed by atoms with Crippen molar-refractivity contribution in [1.29, 1.82) is 0 Å². The lowest BCUT2D eigenvalue weighted by atomic mass is 10.1. The molecule has 88 valence electrons. The Morgan fingerprint density at radius 2 is 2.19 bits per heavy atom. The molecule has 0 atom stereocenters. The summed E-state index contributed by atoms with van der Waals surface area (Å²) in [6, 6.07) is 0. The number of aromatic nitrogens is 1. The SMILES string of the molecule is O=C(O)Cc1ncc(O)c(CCl)c1C(F)F. The predicted octanol–water partition coefficient (Wildman–Crippen LogP) is 2.09. The number of carboxylic acid groups (broad SMARTS) is 1. The summed E-state index contributed by atoms with van der Waals surface area (Å²) in [4.78, 5) is 13.9. The molecule has 0 radical (unpaired) electrons. The summed E-state index contributed by atoms with van der Waals surface area (Å²) in [7, 11) is 0. The van der Waals surface area contributed by atoms with Crippen LogP contribution >= 0.6 is 11.6 Å². The van der Waals surface area contributed by atoms with Crippen molar-refractivity contribution in [1.82, 2.24) is 4.98 Å². The molecule has 0 aliphatic heterocycles. The zero-order chi connectivity index (χ0) is 12.3. The van der Waals surface area contributed by atoms with Gasteiger partial charge in [0.2, 0.25) is 0 Å². The fourth-order valence-corrected chi connectivity index (χ4v) is 1.56. The Bertz CT molecular complexity index is 412. The van der Waals surface area contributed by atoms with Gasteiger partial charge >= 0.3 is 5.97 Å². The second-order valence-electron chi connectivity index (χ2n) is 2.99. The lowest BCUT2D eigenvalue weighted by Crippen LogP contribution is -2.09. The van der Waals surface area contributed by atoms with Crippen molar-refractivity contribution in [2.24, 2.45) is 0 Å². The maximum absolute atomic E-state index is 12.7. The Kier molecular flexibility index (Phi) is 4.00. The van der Waals surface area contributed by atoms with Crippen molar-refractivity contribution in [3.05, 3.63) is 23.0 Å². The van der Waals surface area contributed by atoms with E-state index in [1.54, 1.807) is 0 Å². The Hall–Kier alpha value is -1.43. The van der Waals surface area contributed by atoms with Gasteiger partial charge in [0.05, 0.1) is 24.2 Å². The van der Waals surface area contributed by atoms with Crippen molar-refractivity contribution in [2.75, 3.05) is 0 Å². The number of pyridine rings is 1. The summed E-state index contributed by atoms with van der Waals surface area (Å²) in [6.45, 7) is 0. The lowest BCUT2D eigenvalue weighted by Gasteiger charge is -2.11. The quantitative estimate of drug-likeness (QED) is 0.804. The molecule has 1 aromatic rings. The van der Waals surface area contributed by atoms with Crippen molar-refractivity contribution < 1.29 is 23.8 Å². The van der Waals surface area contributed by atoms with Gasteiger partial charge in [0.1, 0.15) is 5.75 Å². The van der Waals surface area contributed by atoms with E-state index in [-0.39, 0.29) is 17.1 Å². The van der Waals surface area contributed by atoms with E-state index >= 15 is 0 Å². The number of halogens is 3. The molecule has 0 saturated carbocycles. The highest BCUT2D eigenvalue weighted by atomic mass is 35.5. The van der Waals surface area contributed by atoms with Crippen molar-refractivity contribution in [2.45, 2.75) is 18.7 Å². The van der Waals surface area contributed by atoms with E-state index in [2.05, 4.69) is 4.98 Å². The predicted molar refractivity (Wildman–Crippen MR) is 51.8 cm³/mol. The van der Waals surface area contributed by atoms with E-state index in [1.807, 2.05) is 0 Å². The van der Waals surface area contributed by atoms with Gasteiger partial charge in [-0.3, -0.25) is 9.78 Å². The van der Waals surface area contributed by atoms with E-state index < -0.39 is 30.1 Å². The molecule has 0 amide bonds. The van der Waals surface area contributed by atoms with Crippen molar-refractivity contribution in [3.8, 4) is 5.75 Å². The molecule has 0 unspecified atom stereocenters. The van der Waals surface area contributed by atoms with Crippen LogP contribution in [0, 0.1) is 0 Å². The second kappa shape index (κ2) is 5.07. The van der Waals surface area contributed by atoms with Gasteiger partial charge in [0, 0.05) is 11.1 Å². The van der Waals surface area contributed by atoms with Gasteiger partial charge in [-0.25, -0.2) is 8.78 Å².